The van der Waals surface area contributed by atoms with Crippen molar-refractivity contribution in [1.29, 1.82) is 0 Å². The van der Waals surface area contributed by atoms with Crippen molar-refractivity contribution in [1.82, 2.24) is 5.32 Å². The minimum Gasteiger partial charge on any atom is -0.394 e. The minimum atomic E-state index is -0.555. The highest BCUT2D eigenvalue weighted by Crippen LogP contribution is 2.23. The zero-order chi connectivity index (χ0) is 14.5. The summed E-state index contributed by atoms with van der Waals surface area (Å²) in [7, 11) is 0. The van der Waals surface area contributed by atoms with Gasteiger partial charge in [-0.1, -0.05) is 19.9 Å². The smallest absolute Gasteiger partial charge is 0.319 e. The summed E-state index contributed by atoms with van der Waals surface area (Å²) in [5, 5.41) is 15.1. The summed E-state index contributed by atoms with van der Waals surface area (Å²) in [6, 6.07) is 5.44. The number of aryl methyl sites for hydroxylation is 1. The van der Waals surface area contributed by atoms with E-state index in [1.165, 1.54) is 0 Å². The van der Waals surface area contributed by atoms with Crippen LogP contribution < -0.4 is 10.6 Å². The number of nitrogens with one attached hydrogen (secondary N) is 2. The molecular formula is C14H21BrN2O2. The van der Waals surface area contributed by atoms with E-state index in [1.54, 1.807) is 0 Å². The molecule has 0 aliphatic rings. The van der Waals surface area contributed by atoms with Crippen molar-refractivity contribution >= 4 is 27.6 Å². The lowest BCUT2D eigenvalue weighted by Gasteiger charge is -2.30. The fourth-order valence-corrected chi connectivity index (χ4v) is 2.16. The van der Waals surface area contributed by atoms with Gasteiger partial charge in [0.15, 0.2) is 0 Å². The van der Waals surface area contributed by atoms with Crippen LogP contribution in [0.25, 0.3) is 0 Å². The predicted octanol–water partition coefficient (Wildman–Crippen LogP) is 3.43. The molecule has 3 N–H and O–H groups in total. The van der Waals surface area contributed by atoms with Crippen LogP contribution in [0.3, 0.4) is 0 Å². The monoisotopic (exact) mass is 328 g/mol. The zero-order valence-corrected chi connectivity index (χ0v) is 13.2. The second-order valence-corrected chi connectivity index (χ2v) is 5.56. The van der Waals surface area contributed by atoms with E-state index in [0.717, 1.165) is 15.7 Å². The molecule has 0 unspecified atom stereocenters. The van der Waals surface area contributed by atoms with Gasteiger partial charge in [-0.05, 0) is 53.4 Å². The summed E-state index contributed by atoms with van der Waals surface area (Å²) in [5.74, 6) is 0. The van der Waals surface area contributed by atoms with Crippen molar-refractivity contribution in [2.45, 2.75) is 39.2 Å². The summed E-state index contributed by atoms with van der Waals surface area (Å²) in [5.41, 5.74) is 1.23. The van der Waals surface area contributed by atoms with Gasteiger partial charge in [0, 0.05) is 4.47 Å². The van der Waals surface area contributed by atoms with Gasteiger partial charge in [0.2, 0.25) is 0 Å². The Morgan fingerprint density at radius 1 is 1.37 bits per heavy atom. The molecule has 0 saturated heterocycles. The highest BCUT2D eigenvalue weighted by atomic mass is 79.9. The van der Waals surface area contributed by atoms with Gasteiger partial charge < -0.3 is 15.7 Å². The molecule has 0 atom stereocenters. The molecule has 4 nitrogen and oxygen atoms in total. The van der Waals surface area contributed by atoms with Crippen LogP contribution in [0.15, 0.2) is 22.7 Å². The number of aliphatic hydroxyl groups excluding tert-OH is 1. The number of hydrogen-bond acceptors (Lipinski definition) is 2. The molecule has 0 fully saturated rings. The number of amides is 2. The number of hydrogen-bond donors (Lipinski definition) is 3. The fraction of sp³-hybridized carbons (Fsp3) is 0.500. The van der Waals surface area contributed by atoms with Gasteiger partial charge in [-0.25, -0.2) is 4.79 Å². The van der Waals surface area contributed by atoms with E-state index < -0.39 is 5.54 Å². The maximum absolute atomic E-state index is 12.0. The van der Waals surface area contributed by atoms with E-state index in [9.17, 15) is 9.90 Å². The Hall–Kier alpha value is -1.07. The molecule has 5 heteroatoms. The van der Waals surface area contributed by atoms with Crippen molar-refractivity contribution < 1.29 is 9.90 Å². The second kappa shape index (κ2) is 6.91. The molecule has 0 aliphatic heterocycles. The second-order valence-electron chi connectivity index (χ2n) is 4.71. The van der Waals surface area contributed by atoms with E-state index >= 15 is 0 Å². The summed E-state index contributed by atoms with van der Waals surface area (Å²) < 4.78 is 0.829. The first kappa shape index (κ1) is 16.0. The number of anilines is 1. The van der Waals surface area contributed by atoms with Crippen LogP contribution in [0.2, 0.25) is 0 Å². The lowest BCUT2D eigenvalue weighted by molar-refractivity contribution is 0.155. The standard InChI is InChI=1S/C14H21BrN2O2/c1-4-14(5-2,9-18)17-13(19)16-12-8-10(3)6-7-11(12)15/h6-8,18H,4-5,9H2,1-3H3,(H2,16,17,19). The van der Waals surface area contributed by atoms with Crippen LogP contribution in [0.4, 0.5) is 10.5 Å². The summed E-state index contributed by atoms with van der Waals surface area (Å²) >= 11 is 3.40. The Labute approximate surface area is 122 Å². The Kier molecular flexibility index (Phi) is 5.82. The zero-order valence-electron chi connectivity index (χ0n) is 11.6. The number of carbonyl (C=O) groups excluding carboxylic acids is 1. The largest absolute Gasteiger partial charge is 0.394 e. The van der Waals surface area contributed by atoms with Crippen molar-refractivity contribution in [3.8, 4) is 0 Å². The van der Waals surface area contributed by atoms with Crippen LogP contribution in [0.5, 0.6) is 0 Å². The Balaban J connectivity index is 2.77. The molecule has 0 saturated carbocycles. The number of urea groups is 1. The maximum Gasteiger partial charge on any atom is 0.319 e. The summed E-state index contributed by atoms with van der Waals surface area (Å²) in [6.45, 7) is 5.79. The van der Waals surface area contributed by atoms with Gasteiger partial charge in [-0.2, -0.15) is 0 Å². The van der Waals surface area contributed by atoms with Gasteiger partial charge in [-0.15, -0.1) is 0 Å². The molecule has 0 bridgehead atoms. The third-order valence-corrected chi connectivity index (χ3v) is 4.10. The molecule has 2 amide bonds. The lowest BCUT2D eigenvalue weighted by Crippen LogP contribution is -2.52. The van der Waals surface area contributed by atoms with Crippen LogP contribution in [0, 0.1) is 6.92 Å². The first-order valence-corrected chi connectivity index (χ1v) is 7.22. The topological polar surface area (TPSA) is 61.4 Å². The average Bonchev–Trinajstić information content (AvgIpc) is 2.40. The lowest BCUT2D eigenvalue weighted by atomic mass is 9.94. The molecule has 0 radical (unpaired) electrons. The number of benzene rings is 1. The Bertz CT molecular complexity index is 437. The van der Waals surface area contributed by atoms with Gasteiger partial charge in [0.1, 0.15) is 0 Å². The summed E-state index contributed by atoms with van der Waals surface area (Å²) in [4.78, 5) is 12.0. The van der Waals surface area contributed by atoms with Gasteiger partial charge in [0.05, 0.1) is 17.8 Å². The number of rotatable bonds is 5. The molecule has 106 valence electrons. The van der Waals surface area contributed by atoms with Crippen molar-refractivity contribution in [2.24, 2.45) is 0 Å². The molecule has 0 spiro atoms. The van der Waals surface area contributed by atoms with Gasteiger partial charge in [0.25, 0.3) is 0 Å². The highest BCUT2D eigenvalue weighted by molar-refractivity contribution is 9.10. The molecule has 19 heavy (non-hydrogen) atoms. The summed E-state index contributed by atoms with van der Waals surface area (Å²) in [6.07, 6.45) is 1.37. The third-order valence-electron chi connectivity index (χ3n) is 3.40. The number of carbonyl (C=O) groups is 1. The first-order valence-electron chi connectivity index (χ1n) is 6.42. The SMILES string of the molecule is CCC(CC)(CO)NC(=O)Nc1cc(C)ccc1Br. The van der Waals surface area contributed by atoms with Crippen LogP contribution >= 0.6 is 15.9 Å². The van der Waals surface area contributed by atoms with Gasteiger partial charge >= 0.3 is 6.03 Å². The van der Waals surface area contributed by atoms with Crippen LogP contribution in [0.1, 0.15) is 32.3 Å². The molecular weight excluding hydrogens is 308 g/mol. The minimum absolute atomic E-state index is 0.0671. The average molecular weight is 329 g/mol. The van der Waals surface area contributed by atoms with Crippen molar-refractivity contribution in [3.63, 3.8) is 0 Å². The van der Waals surface area contributed by atoms with Gasteiger partial charge in [-0.3, -0.25) is 0 Å². The highest BCUT2D eigenvalue weighted by Gasteiger charge is 2.27. The van der Waals surface area contributed by atoms with E-state index in [2.05, 4.69) is 26.6 Å². The van der Waals surface area contributed by atoms with Crippen LogP contribution in [-0.2, 0) is 0 Å². The Morgan fingerprint density at radius 3 is 2.53 bits per heavy atom. The van der Waals surface area contributed by atoms with Crippen LogP contribution in [-0.4, -0.2) is 23.3 Å². The van der Waals surface area contributed by atoms with E-state index in [1.807, 2.05) is 39.0 Å². The predicted molar refractivity (Wildman–Crippen MR) is 81.4 cm³/mol. The van der Waals surface area contributed by atoms with E-state index in [0.29, 0.717) is 12.8 Å². The maximum atomic E-state index is 12.0. The third kappa shape index (κ3) is 4.21. The molecule has 1 rings (SSSR count). The molecule has 1 aromatic carbocycles. The molecule has 0 heterocycles. The normalized spacial score (nSPS) is 11.2. The fourth-order valence-electron chi connectivity index (χ4n) is 1.82. The first-order chi connectivity index (χ1) is 8.96. The van der Waals surface area contributed by atoms with E-state index in [4.69, 9.17) is 0 Å². The quantitative estimate of drug-likeness (QED) is 0.775. The molecule has 0 aromatic heterocycles. The molecule has 0 aliphatic carbocycles. The molecule has 1 aromatic rings. The van der Waals surface area contributed by atoms with Crippen molar-refractivity contribution in [3.05, 3.63) is 28.2 Å². The van der Waals surface area contributed by atoms with E-state index in [-0.39, 0.29) is 12.6 Å². The Morgan fingerprint density at radius 2 is 2.00 bits per heavy atom. The number of aliphatic hydroxyl groups is 1. The van der Waals surface area contributed by atoms with Crippen molar-refractivity contribution in [2.75, 3.05) is 11.9 Å². The number of halogens is 1.